The van der Waals surface area contributed by atoms with Gasteiger partial charge in [0.1, 0.15) is 24.7 Å². The first-order valence-corrected chi connectivity index (χ1v) is 6.54. The fourth-order valence-electron chi connectivity index (χ4n) is 1.61. The van der Waals surface area contributed by atoms with E-state index in [1.165, 1.54) is 0 Å². The van der Waals surface area contributed by atoms with Gasteiger partial charge < -0.3 is 23.7 Å². The van der Waals surface area contributed by atoms with Crippen molar-refractivity contribution < 1.29 is 23.7 Å². The molecule has 2 bridgehead atoms. The third-order valence-electron chi connectivity index (χ3n) is 2.56. The van der Waals surface area contributed by atoms with Crippen molar-refractivity contribution in [2.45, 2.75) is 0 Å². The molecular weight excluding hydrogens is 248 g/mol. The summed E-state index contributed by atoms with van der Waals surface area (Å²) >= 11 is 0. The number of rotatable bonds is 0. The van der Waals surface area contributed by atoms with Crippen LogP contribution in [0, 0.1) is 0 Å². The summed E-state index contributed by atoms with van der Waals surface area (Å²) in [5.41, 5.74) is 0. The summed E-state index contributed by atoms with van der Waals surface area (Å²) in [5, 5.41) is 0. The fraction of sp³-hybridized carbons (Fsp3) is 0.571. The Labute approximate surface area is 113 Å². The van der Waals surface area contributed by atoms with E-state index >= 15 is 0 Å². The predicted octanol–water partition coefficient (Wildman–Crippen LogP) is 1.51. The molecule has 5 nitrogen and oxygen atoms in total. The third kappa shape index (κ3) is 5.92. The van der Waals surface area contributed by atoms with Crippen LogP contribution >= 0.6 is 0 Å². The van der Waals surface area contributed by atoms with Crippen molar-refractivity contribution in [1.82, 2.24) is 0 Å². The highest BCUT2D eigenvalue weighted by atomic mass is 16.6. The molecule has 3 rings (SSSR count). The quantitative estimate of drug-likeness (QED) is 0.667. The lowest BCUT2D eigenvalue weighted by atomic mass is 10.3. The van der Waals surface area contributed by atoms with Crippen LogP contribution in [0.5, 0.6) is 11.5 Å². The van der Waals surface area contributed by atoms with E-state index in [1.54, 1.807) is 0 Å². The summed E-state index contributed by atoms with van der Waals surface area (Å²) in [6, 6.07) is 7.55. The van der Waals surface area contributed by atoms with Crippen LogP contribution in [0.2, 0.25) is 0 Å². The highest BCUT2D eigenvalue weighted by molar-refractivity contribution is 5.31. The Morgan fingerprint density at radius 3 is 1.16 bits per heavy atom. The van der Waals surface area contributed by atoms with E-state index in [-0.39, 0.29) is 0 Å². The first kappa shape index (κ1) is 14.1. The van der Waals surface area contributed by atoms with Gasteiger partial charge in [0.05, 0.1) is 39.6 Å². The molecule has 0 saturated carbocycles. The molecule has 0 atom stereocenters. The van der Waals surface area contributed by atoms with Crippen LogP contribution in [0.3, 0.4) is 0 Å². The summed E-state index contributed by atoms with van der Waals surface area (Å²) in [5.74, 6) is 1.63. The van der Waals surface area contributed by atoms with E-state index in [4.69, 9.17) is 23.7 Å². The Kier molecular flexibility index (Phi) is 6.49. The van der Waals surface area contributed by atoms with Crippen LogP contribution < -0.4 is 9.47 Å². The van der Waals surface area contributed by atoms with Gasteiger partial charge in [0.2, 0.25) is 0 Å². The van der Waals surface area contributed by atoms with Crippen LogP contribution in [-0.2, 0) is 14.2 Å². The standard InChI is InChI=1S/C14H20O5/c1-2-14-4-3-13(1)18-11-9-16-7-5-15-6-8-17-10-12-19-14/h1-4H,5-12H2. The molecule has 0 fully saturated rings. The normalized spacial score (nSPS) is 19.2. The molecule has 1 aromatic rings. The molecule has 0 amide bonds. The molecule has 0 aromatic heterocycles. The van der Waals surface area contributed by atoms with Crippen LogP contribution in [-0.4, -0.2) is 52.9 Å². The van der Waals surface area contributed by atoms with E-state index in [9.17, 15) is 0 Å². The number of hydrogen-bond donors (Lipinski definition) is 0. The maximum Gasteiger partial charge on any atom is 0.119 e. The zero-order valence-electron chi connectivity index (χ0n) is 11.0. The van der Waals surface area contributed by atoms with Gasteiger partial charge in [0, 0.05) is 0 Å². The van der Waals surface area contributed by atoms with Crippen molar-refractivity contribution in [2.75, 3.05) is 52.9 Å². The molecule has 5 heteroatoms. The largest absolute Gasteiger partial charge is 0.491 e. The van der Waals surface area contributed by atoms with E-state index < -0.39 is 0 Å². The maximum atomic E-state index is 5.54. The molecule has 19 heavy (non-hydrogen) atoms. The molecule has 0 radical (unpaired) electrons. The highest BCUT2D eigenvalue weighted by Crippen LogP contribution is 2.17. The second-order valence-corrected chi connectivity index (χ2v) is 4.01. The summed E-state index contributed by atoms with van der Waals surface area (Å²) in [6.07, 6.45) is 0. The van der Waals surface area contributed by atoms with Crippen LogP contribution in [0.1, 0.15) is 0 Å². The molecule has 1 aromatic carbocycles. The summed E-state index contributed by atoms with van der Waals surface area (Å²) in [7, 11) is 0. The summed E-state index contributed by atoms with van der Waals surface area (Å²) in [6.45, 7) is 4.47. The van der Waals surface area contributed by atoms with Crippen molar-refractivity contribution in [3.63, 3.8) is 0 Å². The fourth-order valence-corrected chi connectivity index (χ4v) is 1.61. The van der Waals surface area contributed by atoms with E-state index in [2.05, 4.69) is 0 Å². The molecule has 106 valence electrons. The van der Waals surface area contributed by atoms with Gasteiger partial charge in [-0.05, 0) is 24.3 Å². The van der Waals surface area contributed by atoms with Gasteiger partial charge in [0.25, 0.3) is 0 Å². The highest BCUT2D eigenvalue weighted by Gasteiger charge is 1.98. The van der Waals surface area contributed by atoms with Gasteiger partial charge in [-0.1, -0.05) is 0 Å². The predicted molar refractivity (Wildman–Crippen MR) is 69.9 cm³/mol. The zero-order chi connectivity index (χ0) is 13.2. The minimum atomic E-state index is 0.531. The van der Waals surface area contributed by atoms with Crippen LogP contribution in [0.4, 0.5) is 0 Å². The lowest BCUT2D eigenvalue weighted by Crippen LogP contribution is -2.13. The zero-order valence-corrected chi connectivity index (χ0v) is 11.0. The SMILES string of the molecule is c1cc2ccc1OCCOCCOCCOCCO2. The topological polar surface area (TPSA) is 46.2 Å². The summed E-state index contributed by atoms with van der Waals surface area (Å²) < 4.78 is 27.2. The lowest BCUT2D eigenvalue weighted by molar-refractivity contribution is 0.00529. The number of ether oxygens (including phenoxy) is 5. The third-order valence-corrected chi connectivity index (χ3v) is 2.56. The van der Waals surface area contributed by atoms with Gasteiger partial charge in [-0.15, -0.1) is 0 Å². The monoisotopic (exact) mass is 268 g/mol. The van der Waals surface area contributed by atoms with E-state index in [1.807, 2.05) is 24.3 Å². The number of hydrogen-bond acceptors (Lipinski definition) is 5. The second-order valence-electron chi connectivity index (χ2n) is 4.01. The van der Waals surface area contributed by atoms with Crippen LogP contribution in [0.25, 0.3) is 0 Å². The maximum absolute atomic E-state index is 5.54. The van der Waals surface area contributed by atoms with Gasteiger partial charge >= 0.3 is 0 Å². The van der Waals surface area contributed by atoms with Gasteiger partial charge in [0.15, 0.2) is 0 Å². The average Bonchev–Trinajstić information content (AvgIpc) is 2.45. The lowest BCUT2D eigenvalue weighted by Gasteiger charge is -2.08. The molecule has 0 N–H and O–H groups in total. The van der Waals surface area contributed by atoms with E-state index in [0.717, 1.165) is 11.5 Å². The molecule has 0 saturated heterocycles. The first-order chi connectivity index (χ1) is 9.45. The Hall–Kier alpha value is -1.30. The molecule has 2 heterocycles. The van der Waals surface area contributed by atoms with Crippen molar-refractivity contribution in [1.29, 1.82) is 0 Å². The molecule has 0 aliphatic carbocycles. The van der Waals surface area contributed by atoms with Gasteiger partial charge in [-0.25, -0.2) is 0 Å². The Bertz CT molecular complexity index is 305. The molecule has 2 aliphatic heterocycles. The smallest absolute Gasteiger partial charge is 0.119 e. The molecular formula is C14H20O5. The minimum Gasteiger partial charge on any atom is -0.491 e. The van der Waals surface area contributed by atoms with Crippen LogP contribution in [0.15, 0.2) is 24.3 Å². The molecule has 0 spiro atoms. The van der Waals surface area contributed by atoms with Crippen molar-refractivity contribution in [3.8, 4) is 11.5 Å². The number of benzene rings is 1. The average molecular weight is 268 g/mol. The van der Waals surface area contributed by atoms with Crippen molar-refractivity contribution in [3.05, 3.63) is 24.3 Å². The van der Waals surface area contributed by atoms with Crippen molar-refractivity contribution >= 4 is 0 Å². The molecule has 0 unspecified atom stereocenters. The van der Waals surface area contributed by atoms with E-state index in [0.29, 0.717) is 52.9 Å². The molecule has 2 aliphatic rings. The Morgan fingerprint density at radius 2 is 0.789 bits per heavy atom. The second kappa shape index (κ2) is 8.74. The Morgan fingerprint density at radius 1 is 0.474 bits per heavy atom. The van der Waals surface area contributed by atoms with Crippen molar-refractivity contribution in [2.24, 2.45) is 0 Å². The van der Waals surface area contributed by atoms with Gasteiger partial charge in [-0.2, -0.15) is 0 Å². The minimum absolute atomic E-state index is 0.531. The number of fused-ring (bicyclic) bond motifs is 14. The first-order valence-electron chi connectivity index (χ1n) is 6.54. The van der Waals surface area contributed by atoms with Gasteiger partial charge in [-0.3, -0.25) is 0 Å². The summed E-state index contributed by atoms with van der Waals surface area (Å²) in [4.78, 5) is 0. The Balaban J connectivity index is 1.81.